The Hall–Kier alpha value is -1.45. The second-order valence-electron chi connectivity index (χ2n) is 2.12. The summed E-state index contributed by atoms with van der Waals surface area (Å²) in [7, 11) is 0. The first-order valence-corrected chi connectivity index (χ1v) is 3.46. The Morgan fingerprint density at radius 1 is 1.73 bits per heavy atom. The number of imidazole rings is 1. The zero-order valence-electron chi connectivity index (χ0n) is 6.13. The van der Waals surface area contributed by atoms with Crippen molar-refractivity contribution in [1.82, 2.24) is 9.97 Å². The molecule has 0 saturated heterocycles. The van der Waals surface area contributed by atoms with E-state index in [0.717, 1.165) is 5.52 Å². The summed E-state index contributed by atoms with van der Waals surface area (Å²) in [6, 6.07) is 1.78. The number of rotatable bonds is 2. The molecule has 0 atom stereocenters. The van der Waals surface area contributed by atoms with Gasteiger partial charge in [0.1, 0.15) is 5.52 Å². The smallest absolute Gasteiger partial charge is 0.288 e. The maximum atomic E-state index is 5.18. The predicted octanol–water partition coefficient (Wildman–Crippen LogP) is 1.55. The SMILES string of the molecule is CCOc1cc2[nH]cnc2o1. The largest absolute Gasteiger partial charge is 0.465 e. The number of hydrogen-bond donors (Lipinski definition) is 1. The third-order valence-electron chi connectivity index (χ3n) is 1.38. The molecule has 0 bridgehead atoms. The van der Waals surface area contributed by atoms with Crippen molar-refractivity contribution < 1.29 is 9.15 Å². The Balaban J connectivity index is 2.42. The molecule has 0 fully saturated rings. The summed E-state index contributed by atoms with van der Waals surface area (Å²) in [5.41, 5.74) is 1.46. The van der Waals surface area contributed by atoms with Gasteiger partial charge in [0, 0.05) is 6.07 Å². The number of furan rings is 1. The summed E-state index contributed by atoms with van der Waals surface area (Å²) in [5.74, 6) is 0.516. The lowest BCUT2D eigenvalue weighted by atomic mass is 10.6. The molecule has 0 amide bonds. The van der Waals surface area contributed by atoms with Crippen LogP contribution in [0.2, 0.25) is 0 Å². The van der Waals surface area contributed by atoms with Crippen LogP contribution in [-0.2, 0) is 0 Å². The molecule has 0 aromatic carbocycles. The summed E-state index contributed by atoms with van der Waals surface area (Å²) >= 11 is 0. The quantitative estimate of drug-likeness (QED) is 0.710. The molecule has 0 unspecified atom stereocenters. The molecule has 0 aliphatic rings. The third-order valence-corrected chi connectivity index (χ3v) is 1.38. The van der Waals surface area contributed by atoms with Crippen molar-refractivity contribution in [3.8, 4) is 5.95 Å². The van der Waals surface area contributed by atoms with Gasteiger partial charge < -0.3 is 14.1 Å². The normalized spacial score (nSPS) is 10.6. The van der Waals surface area contributed by atoms with Crippen LogP contribution in [0.25, 0.3) is 11.2 Å². The average Bonchev–Trinajstić information content (AvgIpc) is 2.46. The molecule has 0 saturated carbocycles. The van der Waals surface area contributed by atoms with Crippen molar-refractivity contribution >= 4 is 11.2 Å². The first-order chi connectivity index (χ1) is 5.40. The van der Waals surface area contributed by atoms with Crippen molar-refractivity contribution in [3.63, 3.8) is 0 Å². The Labute approximate surface area is 63.2 Å². The van der Waals surface area contributed by atoms with Gasteiger partial charge in [-0.25, -0.2) is 4.98 Å². The van der Waals surface area contributed by atoms with Crippen molar-refractivity contribution in [1.29, 1.82) is 0 Å². The maximum absolute atomic E-state index is 5.18. The summed E-state index contributed by atoms with van der Waals surface area (Å²) in [6.45, 7) is 2.51. The minimum absolute atomic E-state index is 0.516. The topological polar surface area (TPSA) is 51.0 Å². The Bertz CT molecular complexity index is 321. The van der Waals surface area contributed by atoms with E-state index >= 15 is 0 Å². The molecule has 0 spiro atoms. The Kier molecular flexibility index (Phi) is 1.31. The number of aromatic nitrogens is 2. The standard InChI is InChI=1S/C7H8N2O2/c1-2-10-6-3-5-7(11-6)9-4-8-5/h3-4H,2H2,1H3,(H,8,9). The van der Waals surface area contributed by atoms with Crippen LogP contribution in [-0.4, -0.2) is 16.6 Å². The van der Waals surface area contributed by atoms with Gasteiger partial charge in [0.2, 0.25) is 5.71 Å². The van der Waals surface area contributed by atoms with Crippen LogP contribution in [0.15, 0.2) is 16.8 Å². The van der Waals surface area contributed by atoms with Gasteiger partial charge in [-0.2, -0.15) is 0 Å². The molecule has 4 nitrogen and oxygen atoms in total. The van der Waals surface area contributed by atoms with Gasteiger partial charge in [-0.05, 0) is 6.92 Å². The molecule has 11 heavy (non-hydrogen) atoms. The average molecular weight is 152 g/mol. The highest BCUT2D eigenvalue weighted by atomic mass is 16.6. The summed E-state index contributed by atoms with van der Waals surface area (Å²) in [5, 5.41) is 0. The fraction of sp³-hybridized carbons (Fsp3) is 0.286. The van der Waals surface area contributed by atoms with Crippen LogP contribution >= 0.6 is 0 Å². The number of hydrogen-bond acceptors (Lipinski definition) is 3. The molecule has 0 radical (unpaired) electrons. The number of nitrogens with one attached hydrogen (secondary N) is 1. The number of aromatic amines is 1. The summed E-state index contributed by atoms with van der Waals surface area (Å²) in [6.07, 6.45) is 1.59. The van der Waals surface area contributed by atoms with Crippen LogP contribution in [0.1, 0.15) is 6.92 Å². The molecule has 2 aromatic heterocycles. The first-order valence-electron chi connectivity index (χ1n) is 3.46. The fourth-order valence-corrected chi connectivity index (χ4v) is 0.932. The zero-order chi connectivity index (χ0) is 7.68. The maximum Gasteiger partial charge on any atom is 0.288 e. The molecule has 4 heteroatoms. The van der Waals surface area contributed by atoms with Crippen LogP contribution in [0.5, 0.6) is 5.95 Å². The highest BCUT2D eigenvalue weighted by Crippen LogP contribution is 2.20. The second kappa shape index (κ2) is 2.30. The van der Waals surface area contributed by atoms with Gasteiger partial charge >= 0.3 is 0 Å². The Morgan fingerprint density at radius 3 is 3.36 bits per heavy atom. The minimum atomic E-state index is 0.516. The molecule has 58 valence electrons. The van der Waals surface area contributed by atoms with Crippen LogP contribution in [0.3, 0.4) is 0 Å². The number of nitrogens with zero attached hydrogens (tertiary/aromatic N) is 1. The minimum Gasteiger partial charge on any atom is -0.465 e. The lowest BCUT2D eigenvalue weighted by molar-refractivity contribution is 0.264. The number of fused-ring (bicyclic) bond motifs is 1. The molecular formula is C7H8N2O2. The molecule has 2 heterocycles. The fourth-order valence-electron chi connectivity index (χ4n) is 0.932. The monoisotopic (exact) mass is 152 g/mol. The lowest BCUT2D eigenvalue weighted by Gasteiger charge is -1.92. The predicted molar refractivity (Wildman–Crippen MR) is 39.5 cm³/mol. The van der Waals surface area contributed by atoms with E-state index in [-0.39, 0.29) is 0 Å². The van der Waals surface area contributed by atoms with Gasteiger partial charge in [-0.15, -0.1) is 0 Å². The van der Waals surface area contributed by atoms with Crippen molar-refractivity contribution in [3.05, 3.63) is 12.4 Å². The second-order valence-corrected chi connectivity index (χ2v) is 2.12. The van der Waals surface area contributed by atoms with E-state index < -0.39 is 0 Å². The molecular weight excluding hydrogens is 144 g/mol. The van der Waals surface area contributed by atoms with E-state index in [4.69, 9.17) is 9.15 Å². The molecule has 2 aromatic rings. The van der Waals surface area contributed by atoms with Gasteiger partial charge in [0.25, 0.3) is 5.95 Å². The van der Waals surface area contributed by atoms with E-state index in [1.807, 2.05) is 6.92 Å². The molecule has 2 rings (SSSR count). The molecule has 1 N–H and O–H groups in total. The van der Waals surface area contributed by atoms with E-state index in [1.165, 1.54) is 0 Å². The summed E-state index contributed by atoms with van der Waals surface area (Å²) in [4.78, 5) is 6.83. The highest BCUT2D eigenvalue weighted by Gasteiger charge is 2.04. The zero-order valence-corrected chi connectivity index (χ0v) is 6.13. The first kappa shape index (κ1) is 6.27. The van der Waals surface area contributed by atoms with E-state index in [1.54, 1.807) is 12.4 Å². The highest BCUT2D eigenvalue weighted by molar-refractivity contribution is 5.69. The van der Waals surface area contributed by atoms with Gasteiger partial charge in [-0.3, -0.25) is 0 Å². The van der Waals surface area contributed by atoms with Crippen LogP contribution in [0.4, 0.5) is 0 Å². The summed E-state index contributed by atoms with van der Waals surface area (Å²) < 4.78 is 10.3. The van der Waals surface area contributed by atoms with Crippen LogP contribution in [0, 0.1) is 0 Å². The van der Waals surface area contributed by atoms with Gasteiger partial charge in [0.05, 0.1) is 12.9 Å². The molecule has 0 aliphatic carbocycles. The van der Waals surface area contributed by atoms with Gasteiger partial charge in [-0.1, -0.05) is 0 Å². The van der Waals surface area contributed by atoms with Crippen molar-refractivity contribution in [2.24, 2.45) is 0 Å². The number of ether oxygens (including phenoxy) is 1. The van der Waals surface area contributed by atoms with Crippen molar-refractivity contribution in [2.75, 3.05) is 6.61 Å². The van der Waals surface area contributed by atoms with Crippen molar-refractivity contribution in [2.45, 2.75) is 6.92 Å². The van der Waals surface area contributed by atoms with E-state index in [2.05, 4.69) is 9.97 Å². The van der Waals surface area contributed by atoms with Gasteiger partial charge in [0.15, 0.2) is 0 Å². The lowest BCUT2D eigenvalue weighted by Crippen LogP contribution is -1.87. The Morgan fingerprint density at radius 2 is 2.64 bits per heavy atom. The van der Waals surface area contributed by atoms with E-state index in [9.17, 15) is 0 Å². The third kappa shape index (κ3) is 0.960. The van der Waals surface area contributed by atoms with Crippen LogP contribution < -0.4 is 4.74 Å². The van der Waals surface area contributed by atoms with E-state index in [0.29, 0.717) is 18.3 Å². The number of H-pyrrole nitrogens is 1. The molecule has 0 aliphatic heterocycles.